The quantitative estimate of drug-likeness (QED) is 0.550. The van der Waals surface area contributed by atoms with Gasteiger partial charge in [-0.2, -0.15) is 0 Å². The summed E-state index contributed by atoms with van der Waals surface area (Å²) in [4.78, 5) is 38.4. The van der Waals surface area contributed by atoms with E-state index in [9.17, 15) is 14.4 Å². The molecule has 2 aromatic carbocycles. The number of imide groups is 2. The highest BCUT2D eigenvalue weighted by atomic mass is 35.5. The lowest BCUT2D eigenvalue weighted by Gasteiger charge is -2.26. The van der Waals surface area contributed by atoms with Gasteiger partial charge in [0.1, 0.15) is 5.57 Å². The number of carbonyl (C=O) groups excluding carboxylic acids is 3. The second kappa shape index (κ2) is 9.00. The molecule has 0 radical (unpaired) electrons. The Bertz CT molecular complexity index is 1010. The number of ether oxygens (including phenoxy) is 2. The number of halogens is 1. The summed E-state index contributed by atoms with van der Waals surface area (Å²) in [6.07, 6.45) is 1.37. The third-order valence-corrected chi connectivity index (χ3v) is 4.38. The molecule has 0 aliphatic carbocycles. The van der Waals surface area contributed by atoms with E-state index in [2.05, 4.69) is 5.32 Å². The summed E-state index contributed by atoms with van der Waals surface area (Å²) in [6, 6.07) is 10.4. The van der Waals surface area contributed by atoms with E-state index in [-0.39, 0.29) is 11.7 Å². The third kappa shape index (κ3) is 4.63. The Kier molecular flexibility index (Phi) is 6.42. The van der Waals surface area contributed by atoms with Crippen molar-refractivity contribution in [2.75, 3.05) is 11.5 Å². The number of rotatable bonds is 6. The van der Waals surface area contributed by atoms with Crippen LogP contribution < -0.4 is 19.7 Å². The molecule has 0 unspecified atom stereocenters. The molecule has 0 spiro atoms. The summed E-state index contributed by atoms with van der Waals surface area (Å²) >= 11 is 5.88. The Morgan fingerprint density at radius 3 is 2.40 bits per heavy atom. The van der Waals surface area contributed by atoms with Crippen molar-refractivity contribution in [3.8, 4) is 11.5 Å². The van der Waals surface area contributed by atoms with E-state index in [0.29, 0.717) is 34.4 Å². The van der Waals surface area contributed by atoms with Gasteiger partial charge in [0.2, 0.25) is 0 Å². The molecule has 2 aromatic rings. The second-order valence-electron chi connectivity index (χ2n) is 6.74. The van der Waals surface area contributed by atoms with Crippen molar-refractivity contribution >= 4 is 41.2 Å². The number of anilines is 1. The number of barbiturate groups is 1. The number of hydrogen-bond acceptors (Lipinski definition) is 5. The molecule has 156 valence electrons. The number of carbonyl (C=O) groups is 3. The minimum Gasteiger partial charge on any atom is -0.490 e. The number of amides is 4. The number of benzene rings is 2. The minimum absolute atomic E-state index is 0.0435. The zero-order valence-corrected chi connectivity index (χ0v) is 17.5. The Hall–Kier alpha value is -3.32. The van der Waals surface area contributed by atoms with Crippen LogP contribution in [0.15, 0.2) is 48.0 Å². The van der Waals surface area contributed by atoms with E-state index in [4.69, 9.17) is 21.1 Å². The average molecular weight is 429 g/mol. The number of hydrogen-bond donors (Lipinski definition) is 1. The van der Waals surface area contributed by atoms with Gasteiger partial charge in [0.25, 0.3) is 11.8 Å². The first-order valence-corrected chi connectivity index (χ1v) is 9.78. The zero-order chi connectivity index (χ0) is 21.8. The predicted molar refractivity (Wildman–Crippen MR) is 114 cm³/mol. The summed E-state index contributed by atoms with van der Waals surface area (Å²) in [5, 5.41) is 2.65. The molecule has 7 nitrogen and oxygen atoms in total. The first kappa shape index (κ1) is 21.4. The highest BCUT2D eigenvalue weighted by Crippen LogP contribution is 2.31. The van der Waals surface area contributed by atoms with Gasteiger partial charge in [-0.15, -0.1) is 0 Å². The van der Waals surface area contributed by atoms with Gasteiger partial charge in [-0.1, -0.05) is 17.7 Å². The Labute approximate surface area is 179 Å². The fraction of sp³-hybridized carbons (Fsp3) is 0.227. The van der Waals surface area contributed by atoms with Crippen molar-refractivity contribution < 1.29 is 23.9 Å². The molecule has 30 heavy (non-hydrogen) atoms. The molecule has 0 saturated carbocycles. The molecule has 4 amide bonds. The van der Waals surface area contributed by atoms with E-state index >= 15 is 0 Å². The zero-order valence-electron chi connectivity index (χ0n) is 16.8. The van der Waals surface area contributed by atoms with Gasteiger partial charge in [-0.3, -0.25) is 14.9 Å². The van der Waals surface area contributed by atoms with Crippen molar-refractivity contribution in [2.45, 2.75) is 26.9 Å². The maximum absolute atomic E-state index is 12.9. The van der Waals surface area contributed by atoms with E-state index in [1.54, 1.807) is 30.3 Å². The van der Waals surface area contributed by atoms with Gasteiger partial charge in [-0.25, -0.2) is 9.69 Å². The van der Waals surface area contributed by atoms with Crippen molar-refractivity contribution in [3.63, 3.8) is 0 Å². The lowest BCUT2D eigenvalue weighted by molar-refractivity contribution is -0.122. The van der Waals surface area contributed by atoms with Crippen LogP contribution in [-0.4, -0.2) is 30.6 Å². The lowest BCUT2D eigenvalue weighted by atomic mass is 10.1. The Morgan fingerprint density at radius 1 is 1.07 bits per heavy atom. The van der Waals surface area contributed by atoms with Gasteiger partial charge in [0, 0.05) is 5.02 Å². The van der Waals surface area contributed by atoms with Gasteiger partial charge < -0.3 is 9.47 Å². The first-order valence-electron chi connectivity index (χ1n) is 9.40. The topological polar surface area (TPSA) is 84.9 Å². The molecule has 8 heteroatoms. The average Bonchev–Trinajstić information content (AvgIpc) is 2.68. The van der Waals surface area contributed by atoms with Crippen molar-refractivity contribution in [1.82, 2.24) is 5.32 Å². The summed E-state index contributed by atoms with van der Waals surface area (Å²) in [6.45, 7) is 6.07. The molecule has 1 aliphatic rings. The highest BCUT2D eigenvalue weighted by molar-refractivity contribution is 6.39. The van der Waals surface area contributed by atoms with Crippen LogP contribution in [0, 0.1) is 0 Å². The fourth-order valence-electron chi connectivity index (χ4n) is 2.88. The highest BCUT2D eigenvalue weighted by Gasteiger charge is 2.36. The summed E-state index contributed by atoms with van der Waals surface area (Å²) in [5.74, 6) is -0.441. The smallest absolute Gasteiger partial charge is 0.335 e. The van der Waals surface area contributed by atoms with Gasteiger partial charge in [0.05, 0.1) is 18.4 Å². The largest absolute Gasteiger partial charge is 0.490 e. The first-order chi connectivity index (χ1) is 14.3. The number of nitrogens with zero attached hydrogens (tertiary/aromatic N) is 1. The summed E-state index contributed by atoms with van der Waals surface area (Å²) in [5.41, 5.74) is 0.680. The molecule has 1 saturated heterocycles. The molecular weight excluding hydrogens is 408 g/mol. The van der Waals surface area contributed by atoms with Crippen LogP contribution in [0.3, 0.4) is 0 Å². The van der Waals surface area contributed by atoms with Crippen LogP contribution in [0.2, 0.25) is 5.02 Å². The van der Waals surface area contributed by atoms with Crippen LogP contribution in [0.1, 0.15) is 26.3 Å². The molecule has 0 aromatic heterocycles. The molecular formula is C22H21ClN2O5. The second-order valence-corrected chi connectivity index (χ2v) is 7.18. The molecule has 0 bridgehead atoms. The Balaban J connectivity index is 1.97. The molecule has 1 fully saturated rings. The van der Waals surface area contributed by atoms with Crippen LogP contribution >= 0.6 is 11.6 Å². The normalized spacial score (nSPS) is 15.6. The summed E-state index contributed by atoms with van der Waals surface area (Å²) in [7, 11) is 0. The van der Waals surface area contributed by atoms with Crippen molar-refractivity contribution in [3.05, 3.63) is 58.6 Å². The monoisotopic (exact) mass is 428 g/mol. The van der Waals surface area contributed by atoms with Crippen LogP contribution in [0.4, 0.5) is 10.5 Å². The van der Waals surface area contributed by atoms with Gasteiger partial charge >= 0.3 is 6.03 Å². The maximum atomic E-state index is 12.9. The van der Waals surface area contributed by atoms with Gasteiger partial charge in [0.15, 0.2) is 11.5 Å². The van der Waals surface area contributed by atoms with E-state index < -0.39 is 17.8 Å². The molecule has 0 atom stereocenters. The van der Waals surface area contributed by atoms with Crippen LogP contribution in [0.5, 0.6) is 11.5 Å². The number of nitrogens with one attached hydrogen (secondary N) is 1. The minimum atomic E-state index is -0.819. The maximum Gasteiger partial charge on any atom is 0.335 e. The van der Waals surface area contributed by atoms with Crippen molar-refractivity contribution in [2.24, 2.45) is 0 Å². The molecule has 1 aliphatic heterocycles. The van der Waals surface area contributed by atoms with Gasteiger partial charge in [-0.05, 0) is 68.8 Å². The van der Waals surface area contributed by atoms with E-state index in [0.717, 1.165) is 4.90 Å². The summed E-state index contributed by atoms with van der Waals surface area (Å²) < 4.78 is 11.4. The standard InChI is InChI=1S/C22H21ClN2O5/c1-4-29-19-12-14(5-10-18(19)30-13(2)3)11-17-20(26)24-22(28)25(21(17)27)16-8-6-15(23)7-9-16/h5-13H,4H2,1-3H3,(H,24,26,28)/b17-11+. The SMILES string of the molecule is CCOc1cc(/C=C2\C(=O)NC(=O)N(c3ccc(Cl)cc3)C2=O)ccc1OC(C)C. The number of urea groups is 1. The van der Waals surface area contributed by atoms with Crippen LogP contribution in [-0.2, 0) is 9.59 Å². The molecule has 1 N–H and O–H groups in total. The third-order valence-electron chi connectivity index (χ3n) is 4.13. The van der Waals surface area contributed by atoms with E-state index in [1.807, 2.05) is 20.8 Å². The molecule has 3 rings (SSSR count). The predicted octanol–water partition coefficient (Wildman–Crippen LogP) is 4.19. The van der Waals surface area contributed by atoms with Crippen molar-refractivity contribution in [1.29, 1.82) is 0 Å². The fourth-order valence-corrected chi connectivity index (χ4v) is 3.01. The Morgan fingerprint density at radius 2 is 1.77 bits per heavy atom. The molecule has 1 heterocycles. The van der Waals surface area contributed by atoms with Crippen LogP contribution in [0.25, 0.3) is 6.08 Å². The van der Waals surface area contributed by atoms with E-state index in [1.165, 1.54) is 18.2 Å². The lowest BCUT2D eigenvalue weighted by Crippen LogP contribution is -2.54.